The van der Waals surface area contributed by atoms with Gasteiger partial charge in [0.1, 0.15) is 28.7 Å². The number of hydrogen-bond donors (Lipinski definition) is 2. The van der Waals surface area contributed by atoms with E-state index in [1.807, 2.05) is 6.92 Å². The molecule has 0 bridgehead atoms. The predicted molar refractivity (Wildman–Crippen MR) is 124 cm³/mol. The minimum Gasteiger partial charge on any atom is -0.457 e. The Morgan fingerprint density at radius 3 is 2.39 bits per heavy atom. The minimum atomic E-state index is -0.364. The molecule has 0 aliphatic carbocycles. The van der Waals surface area contributed by atoms with Crippen LogP contribution >= 0.6 is 11.3 Å². The first-order valence-electron chi connectivity index (χ1n) is 9.93. The second-order valence-corrected chi connectivity index (χ2v) is 8.16. The number of aryl methyl sites for hydroxylation is 1. The molecule has 0 atom stereocenters. The zero-order valence-corrected chi connectivity index (χ0v) is 18.6. The standard InChI is InChI=1S/C24H19FN4O3S/c1-14-28-21(22(33-14)15-3-5-16(25)6-4-15)24(31)29-17-7-9-18(10-8-17)32-19-11-12-27-20(13-19)23(30)26-2/h3-13H,1-2H3,(H,26,30)(H,29,31). The van der Waals surface area contributed by atoms with Gasteiger partial charge in [0.15, 0.2) is 0 Å². The van der Waals surface area contributed by atoms with Gasteiger partial charge in [-0.2, -0.15) is 0 Å². The van der Waals surface area contributed by atoms with Crippen LogP contribution in [0.25, 0.3) is 10.4 Å². The molecule has 2 aromatic carbocycles. The van der Waals surface area contributed by atoms with Crippen molar-refractivity contribution in [2.24, 2.45) is 0 Å². The van der Waals surface area contributed by atoms with Crippen LogP contribution in [0.3, 0.4) is 0 Å². The molecule has 4 aromatic rings. The normalized spacial score (nSPS) is 10.5. The molecule has 4 rings (SSSR count). The van der Waals surface area contributed by atoms with Gasteiger partial charge in [0, 0.05) is 25.0 Å². The summed E-state index contributed by atoms with van der Waals surface area (Å²) in [6, 6.07) is 15.9. The Bertz CT molecular complexity index is 1300. The number of rotatable bonds is 6. The van der Waals surface area contributed by atoms with Gasteiger partial charge in [-0.3, -0.25) is 14.6 Å². The maximum atomic E-state index is 13.3. The summed E-state index contributed by atoms with van der Waals surface area (Å²) in [5, 5.41) is 6.07. The summed E-state index contributed by atoms with van der Waals surface area (Å²) in [6.45, 7) is 1.81. The molecule has 0 fully saturated rings. The van der Waals surface area contributed by atoms with E-state index in [4.69, 9.17) is 4.74 Å². The number of amides is 2. The molecular weight excluding hydrogens is 443 g/mol. The molecule has 2 aromatic heterocycles. The van der Waals surface area contributed by atoms with Gasteiger partial charge in [-0.05, 0) is 55.0 Å². The van der Waals surface area contributed by atoms with E-state index in [1.54, 1.807) is 42.5 Å². The third-order valence-electron chi connectivity index (χ3n) is 4.59. The first kappa shape index (κ1) is 22.1. The van der Waals surface area contributed by atoms with Gasteiger partial charge < -0.3 is 15.4 Å². The SMILES string of the molecule is CNC(=O)c1cc(Oc2ccc(NC(=O)c3nc(C)sc3-c3ccc(F)cc3)cc2)ccn1. The Labute approximate surface area is 193 Å². The maximum absolute atomic E-state index is 13.3. The Morgan fingerprint density at radius 2 is 1.70 bits per heavy atom. The molecule has 0 radical (unpaired) electrons. The molecule has 166 valence electrons. The first-order valence-corrected chi connectivity index (χ1v) is 10.8. The lowest BCUT2D eigenvalue weighted by atomic mass is 10.1. The molecule has 0 unspecified atom stereocenters. The smallest absolute Gasteiger partial charge is 0.275 e. The number of pyridine rings is 1. The van der Waals surface area contributed by atoms with Crippen molar-refractivity contribution in [3.63, 3.8) is 0 Å². The first-order chi connectivity index (χ1) is 15.9. The fourth-order valence-electron chi connectivity index (χ4n) is 3.04. The van der Waals surface area contributed by atoms with Gasteiger partial charge in [-0.1, -0.05) is 12.1 Å². The van der Waals surface area contributed by atoms with Crippen LogP contribution in [0, 0.1) is 12.7 Å². The highest BCUT2D eigenvalue weighted by Crippen LogP contribution is 2.31. The highest BCUT2D eigenvalue weighted by molar-refractivity contribution is 7.15. The van der Waals surface area contributed by atoms with Gasteiger partial charge in [0.25, 0.3) is 11.8 Å². The zero-order valence-electron chi connectivity index (χ0n) is 17.8. The summed E-state index contributed by atoms with van der Waals surface area (Å²) in [7, 11) is 1.53. The number of anilines is 1. The van der Waals surface area contributed by atoms with Crippen LogP contribution < -0.4 is 15.4 Å². The molecule has 0 aliphatic rings. The maximum Gasteiger partial charge on any atom is 0.275 e. The quantitative estimate of drug-likeness (QED) is 0.418. The number of aromatic nitrogens is 2. The van der Waals surface area contributed by atoms with Gasteiger partial charge >= 0.3 is 0 Å². The summed E-state index contributed by atoms with van der Waals surface area (Å²) in [4.78, 5) is 33.6. The van der Waals surface area contributed by atoms with Crippen LogP contribution in [0.15, 0.2) is 66.9 Å². The molecule has 33 heavy (non-hydrogen) atoms. The van der Waals surface area contributed by atoms with Gasteiger partial charge in [-0.25, -0.2) is 9.37 Å². The molecule has 7 nitrogen and oxygen atoms in total. The van der Waals surface area contributed by atoms with Crippen molar-refractivity contribution in [3.05, 3.63) is 89.1 Å². The van der Waals surface area contributed by atoms with E-state index >= 15 is 0 Å². The Balaban J connectivity index is 1.47. The number of carbonyl (C=O) groups is 2. The summed E-state index contributed by atoms with van der Waals surface area (Å²) in [6.07, 6.45) is 1.49. The lowest BCUT2D eigenvalue weighted by Gasteiger charge is -2.09. The van der Waals surface area contributed by atoms with Crippen molar-refractivity contribution in [2.45, 2.75) is 6.92 Å². The molecule has 2 amide bonds. The Kier molecular flexibility index (Phi) is 6.41. The second-order valence-electron chi connectivity index (χ2n) is 6.95. The second kappa shape index (κ2) is 9.58. The number of nitrogens with one attached hydrogen (secondary N) is 2. The molecule has 0 spiro atoms. The highest BCUT2D eigenvalue weighted by Gasteiger charge is 2.19. The largest absolute Gasteiger partial charge is 0.457 e. The van der Waals surface area contributed by atoms with Crippen molar-refractivity contribution in [3.8, 4) is 21.9 Å². The number of ether oxygens (including phenoxy) is 1. The summed E-state index contributed by atoms with van der Waals surface area (Å²) in [5.41, 5.74) is 1.81. The average molecular weight is 463 g/mol. The zero-order chi connectivity index (χ0) is 23.4. The molecule has 0 aliphatic heterocycles. The van der Waals surface area contributed by atoms with Gasteiger partial charge in [0.05, 0.1) is 9.88 Å². The summed E-state index contributed by atoms with van der Waals surface area (Å²) in [5.74, 6) is -0.0294. The van der Waals surface area contributed by atoms with E-state index in [0.717, 1.165) is 10.6 Å². The summed E-state index contributed by atoms with van der Waals surface area (Å²) >= 11 is 1.37. The van der Waals surface area contributed by atoms with E-state index in [9.17, 15) is 14.0 Å². The van der Waals surface area contributed by atoms with E-state index < -0.39 is 0 Å². The van der Waals surface area contributed by atoms with E-state index in [0.29, 0.717) is 22.1 Å². The number of hydrogen-bond acceptors (Lipinski definition) is 6. The molecule has 9 heteroatoms. The van der Waals surface area contributed by atoms with Crippen molar-refractivity contribution in [1.29, 1.82) is 0 Å². The van der Waals surface area contributed by atoms with Crippen molar-refractivity contribution >= 4 is 28.8 Å². The molecule has 0 saturated carbocycles. The van der Waals surface area contributed by atoms with Crippen LogP contribution in [0.2, 0.25) is 0 Å². The molecule has 2 N–H and O–H groups in total. The topological polar surface area (TPSA) is 93.2 Å². The number of nitrogens with zero attached hydrogens (tertiary/aromatic N) is 2. The van der Waals surface area contributed by atoms with E-state index in [-0.39, 0.29) is 29.0 Å². The third-order valence-corrected chi connectivity index (χ3v) is 5.61. The minimum absolute atomic E-state index is 0.245. The lowest BCUT2D eigenvalue weighted by molar-refractivity contribution is 0.0957. The van der Waals surface area contributed by atoms with Crippen LogP contribution in [-0.2, 0) is 0 Å². The van der Waals surface area contributed by atoms with E-state index in [1.165, 1.54) is 42.8 Å². The average Bonchev–Trinajstić information content (AvgIpc) is 3.22. The number of benzene rings is 2. The highest BCUT2D eigenvalue weighted by atomic mass is 32.1. The van der Waals surface area contributed by atoms with Gasteiger partial charge in [-0.15, -0.1) is 11.3 Å². The van der Waals surface area contributed by atoms with Crippen molar-refractivity contribution in [2.75, 3.05) is 12.4 Å². The van der Waals surface area contributed by atoms with Crippen LogP contribution in [0.4, 0.5) is 10.1 Å². The fourth-order valence-corrected chi connectivity index (χ4v) is 3.96. The summed E-state index contributed by atoms with van der Waals surface area (Å²) < 4.78 is 19.0. The monoisotopic (exact) mass is 462 g/mol. The lowest BCUT2D eigenvalue weighted by Crippen LogP contribution is -2.18. The number of halogens is 1. The molecular formula is C24H19FN4O3S. The van der Waals surface area contributed by atoms with Gasteiger partial charge in [0.2, 0.25) is 0 Å². The molecule has 0 saturated heterocycles. The van der Waals surface area contributed by atoms with Crippen LogP contribution in [-0.4, -0.2) is 28.8 Å². The Hall–Kier alpha value is -4.11. The predicted octanol–water partition coefficient (Wildman–Crippen LogP) is 5.06. The number of carbonyl (C=O) groups excluding carboxylic acids is 2. The van der Waals surface area contributed by atoms with Crippen LogP contribution in [0.5, 0.6) is 11.5 Å². The van der Waals surface area contributed by atoms with Crippen LogP contribution in [0.1, 0.15) is 26.0 Å². The number of thiazole rings is 1. The van der Waals surface area contributed by atoms with E-state index in [2.05, 4.69) is 20.6 Å². The molecule has 2 heterocycles. The Morgan fingerprint density at radius 1 is 0.970 bits per heavy atom. The fraction of sp³-hybridized carbons (Fsp3) is 0.0833. The van der Waals surface area contributed by atoms with Crippen molar-refractivity contribution < 1.29 is 18.7 Å². The van der Waals surface area contributed by atoms with Crippen molar-refractivity contribution in [1.82, 2.24) is 15.3 Å². The third kappa shape index (κ3) is 5.21.